The fourth-order valence-corrected chi connectivity index (χ4v) is 2.95. The van der Waals surface area contributed by atoms with E-state index in [2.05, 4.69) is 9.97 Å². The summed E-state index contributed by atoms with van der Waals surface area (Å²) < 4.78 is 13.7. The molecule has 1 aromatic heterocycles. The Bertz CT molecular complexity index is 743. The van der Waals surface area contributed by atoms with Crippen LogP contribution in [-0.2, 0) is 4.79 Å². The van der Waals surface area contributed by atoms with Crippen LogP contribution in [0.2, 0.25) is 0 Å². The molecule has 2 aromatic rings. The van der Waals surface area contributed by atoms with Gasteiger partial charge in [0.05, 0.1) is 17.4 Å². The molecule has 2 unspecified atom stereocenters. The van der Waals surface area contributed by atoms with E-state index in [9.17, 15) is 19.1 Å². The number of carboxylic acids is 1. The van der Waals surface area contributed by atoms with E-state index in [-0.39, 0.29) is 11.5 Å². The van der Waals surface area contributed by atoms with Gasteiger partial charge in [0.2, 0.25) is 0 Å². The van der Waals surface area contributed by atoms with Crippen molar-refractivity contribution < 1.29 is 19.1 Å². The lowest BCUT2D eigenvalue weighted by Crippen LogP contribution is -2.49. The number of amides is 1. The first-order chi connectivity index (χ1) is 10.5. The van der Waals surface area contributed by atoms with Crippen molar-refractivity contribution in [3.05, 3.63) is 29.8 Å². The highest BCUT2D eigenvalue weighted by atomic mass is 19.1. The van der Waals surface area contributed by atoms with E-state index in [0.29, 0.717) is 24.0 Å². The minimum Gasteiger partial charge on any atom is -0.480 e. The standard InChI is InChI=1S/C15H16FN3O3/c1-8-2-3-19(12(4-8)15(21)22)14(20)10-5-9(16)6-11-13(10)18-7-17-11/h5-8,12H,2-4H2,1H3,(H,17,18)(H,21,22). The number of aromatic nitrogens is 2. The van der Waals surface area contributed by atoms with Gasteiger partial charge in [0.25, 0.3) is 5.91 Å². The number of benzene rings is 1. The number of likely N-dealkylation sites (tertiary alicyclic amines) is 1. The quantitative estimate of drug-likeness (QED) is 0.889. The zero-order valence-corrected chi connectivity index (χ0v) is 12.0. The SMILES string of the molecule is CC1CCN(C(=O)c2cc(F)cc3[nH]cnc23)C(C(=O)O)C1. The molecule has 1 aromatic carbocycles. The fraction of sp³-hybridized carbons (Fsp3) is 0.400. The number of carboxylic acid groups (broad SMARTS) is 1. The number of carbonyl (C=O) groups is 2. The van der Waals surface area contributed by atoms with Gasteiger partial charge in [-0.05, 0) is 30.9 Å². The van der Waals surface area contributed by atoms with Crippen LogP contribution in [0.15, 0.2) is 18.5 Å². The number of nitrogens with zero attached hydrogens (tertiary/aromatic N) is 2. The van der Waals surface area contributed by atoms with Crippen molar-refractivity contribution in [3.63, 3.8) is 0 Å². The zero-order valence-electron chi connectivity index (χ0n) is 12.0. The second-order valence-corrected chi connectivity index (χ2v) is 5.73. The first-order valence-electron chi connectivity index (χ1n) is 7.13. The molecule has 1 aliphatic rings. The van der Waals surface area contributed by atoms with Crippen LogP contribution in [0.5, 0.6) is 0 Å². The van der Waals surface area contributed by atoms with E-state index >= 15 is 0 Å². The summed E-state index contributed by atoms with van der Waals surface area (Å²) in [7, 11) is 0. The lowest BCUT2D eigenvalue weighted by molar-refractivity contribution is -0.144. The van der Waals surface area contributed by atoms with Crippen LogP contribution in [0, 0.1) is 11.7 Å². The van der Waals surface area contributed by atoms with Gasteiger partial charge in [0.1, 0.15) is 17.4 Å². The highest BCUT2D eigenvalue weighted by molar-refractivity contribution is 6.06. The molecule has 116 valence electrons. The Morgan fingerprint density at radius 1 is 1.45 bits per heavy atom. The number of rotatable bonds is 2. The Hall–Kier alpha value is -2.44. The maximum absolute atomic E-state index is 13.7. The molecule has 1 fully saturated rings. The Kier molecular flexibility index (Phi) is 3.56. The predicted molar refractivity (Wildman–Crippen MR) is 76.9 cm³/mol. The highest BCUT2D eigenvalue weighted by Crippen LogP contribution is 2.26. The third kappa shape index (κ3) is 2.43. The highest BCUT2D eigenvalue weighted by Gasteiger charge is 2.36. The van der Waals surface area contributed by atoms with E-state index in [4.69, 9.17) is 0 Å². The Balaban J connectivity index is 2.01. The molecule has 1 saturated heterocycles. The number of fused-ring (bicyclic) bond motifs is 1. The van der Waals surface area contributed by atoms with Crippen molar-refractivity contribution in [2.75, 3.05) is 6.54 Å². The van der Waals surface area contributed by atoms with E-state index < -0.39 is 23.7 Å². The third-order valence-electron chi connectivity index (χ3n) is 4.13. The first kappa shape index (κ1) is 14.5. The van der Waals surface area contributed by atoms with Crippen LogP contribution in [-0.4, -0.2) is 44.4 Å². The van der Waals surface area contributed by atoms with Crippen molar-refractivity contribution in [2.24, 2.45) is 5.92 Å². The summed E-state index contributed by atoms with van der Waals surface area (Å²) in [5.74, 6) is -1.84. The number of aliphatic carboxylic acids is 1. The molecule has 2 heterocycles. The summed E-state index contributed by atoms with van der Waals surface area (Å²) >= 11 is 0. The molecule has 1 aliphatic heterocycles. The minimum absolute atomic E-state index is 0.0945. The van der Waals surface area contributed by atoms with E-state index in [1.165, 1.54) is 17.3 Å². The summed E-state index contributed by atoms with van der Waals surface area (Å²) in [5, 5.41) is 9.36. The maximum Gasteiger partial charge on any atom is 0.326 e. The lowest BCUT2D eigenvalue weighted by atomic mass is 9.91. The summed E-state index contributed by atoms with van der Waals surface area (Å²) in [4.78, 5) is 32.3. The predicted octanol–water partition coefficient (Wildman–Crippen LogP) is 2.03. The number of aromatic amines is 1. The largest absolute Gasteiger partial charge is 0.480 e. The maximum atomic E-state index is 13.7. The number of carbonyl (C=O) groups excluding carboxylic acids is 1. The van der Waals surface area contributed by atoms with Gasteiger partial charge in [-0.15, -0.1) is 0 Å². The van der Waals surface area contributed by atoms with Gasteiger partial charge in [0.15, 0.2) is 0 Å². The monoisotopic (exact) mass is 305 g/mol. The normalized spacial score (nSPS) is 22.0. The Morgan fingerprint density at radius 2 is 2.23 bits per heavy atom. The molecule has 0 aliphatic carbocycles. The lowest BCUT2D eigenvalue weighted by Gasteiger charge is -2.36. The van der Waals surface area contributed by atoms with Crippen LogP contribution in [0.25, 0.3) is 11.0 Å². The number of hydrogen-bond acceptors (Lipinski definition) is 3. The third-order valence-corrected chi connectivity index (χ3v) is 4.13. The van der Waals surface area contributed by atoms with Crippen molar-refractivity contribution in [2.45, 2.75) is 25.8 Å². The Morgan fingerprint density at radius 3 is 2.95 bits per heavy atom. The Labute approximate surface area is 125 Å². The van der Waals surface area contributed by atoms with Gasteiger partial charge >= 0.3 is 5.97 Å². The smallest absolute Gasteiger partial charge is 0.326 e. The van der Waals surface area contributed by atoms with Gasteiger partial charge in [-0.25, -0.2) is 14.2 Å². The topological polar surface area (TPSA) is 86.3 Å². The van der Waals surface area contributed by atoms with E-state index in [1.807, 2.05) is 6.92 Å². The molecule has 7 heteroatoms. The molecule has 3 rings (SSSR count). The molecule has 1 amide bonds. The van der Waals surface area contributed by atoms with Gasteiger partial charge in [-0.1, -0.05) is 6.92 Å². The molecule has 6 nitrogen and oxygen atoms in total. The van der Waals surface area contributed by atoms with Crippen LogP contribution >= 0.6 is 0 Å². The molecule has 2 N–H and O–H groups in total. The van der Waals surface area contributed by atoms with Crippen LogP contribution in [0.3, 0.4) is 0 Å². The fourth-order valence-electron chi connectivity index (χ4n) is 2.95. The van der Waals surface area contributed by atoms with Crippen LogP contribution < -0.4 is 0 Å². The van der Waals surface area contributed by atoms with Crippen molar-refractivity contribution in [1.29, 1.82) is 0 Å². The van der Waals surface area contributed by atoms with Gasteiger partial charge in [0, 0.05) is 6.54 Å². The summed E-state index contributed by atoms with van der Waals surface area (Å²) in [5.41, 5.74) is 0.867. The summed E-state index contributed by atoms with van der Waals surface area (Å²) in [6.07, 6.45) is 2.52. The molecular weight excluding hydrogens is 289 g/mol. The van der Waals surface area contributed by atoms with Crippen LogP contribution in [0.4, 0.5) is 4.39 Å². The molecule has 2 atom stereocenters. The average molecular weight is 305 g/mol. The average Bonchev–Trinajstić information content (AvgIpc) is 2.93. The molecule has 0 bridgehead atoms. The molecule has 0 spiro atoms. The van der Waals surface area contributed by atoms with E-state index in [0.717, 1.165) is 12.5 Å². The molecule has 0 radical (unpaired) electrons. The van der Waals surface area contributed by atoms with Gasteiger partial charge in [-0.2, -0.15) is 0 Å². The molecule has 0 saturated carbocycles. The molecule has 22 heavy (non-hydrogen) atoms. The number of hydrogen-bond donors (Lipinski definition) is 2. The van der Waals surface area contributed by atoms with Crippen molar-refractivity contribution in [3.8, 4) is 0 Å². The summed E-state index contributed by atoms with van der Waals surface area (Å²) in [6.45, 7) is 2.31. The number of nitrogens with one attached hydrogen (secondary N) is 1. The van der Waals surface area contributed by atoms with Crippen molar-refractivity contribution in [1.82, 2.24) is 14.9 Å². The van der Waals surface area contributed by atoms with Gasteiger partial charge in [-0.3, -0.25) is 4.79 Å². The number of piperidine rings is 1. The van der Waals surface area contributed by atoms with E-state index in [1.54, 1.807) is 0 Å². The zero-order chi connectivity index (χ0) is 15.9. The van der Waals surface area contributed by atoms with Crippen molar-refractivity contribution >= 4 is 22.9 Å². The first-order valence-corrected chi connectivity index (χ1v) is 7.13. The van der Waals surface area contributed by atoms with Crippen LogP contribution in [0.1, 0.15) is 30.1 Å². The molecular formula is C15H16FN3O3. The minimum atomic E-state index is -1.03. The second-order valence-electron chi connectivity index (χ2n) is 5.73. The number of imidazole rings is 1. The van der Waals surface area contributed by atoms with Gasteiger partial charge < -0.3 is 15.0 Å². The summed E-state index contributed by atoms with van der Waals surface area (Å²) in [6, 6.07) is 1.49. The number of H-pyrrole nitrogens is 1. The second kappa shape index (κ2) is 5.40. The number of halogens is 1.